The Morgan fingerprint density at radius 3 is 2.44 bits per heavy atom. The van der Waals surface area contributed by atoms with Gasteiger partial charge in [-0.05, 0) is 24.2 Å². The van der Waals surface area contributed by atoms with E-state index in [-0.39, 0.29) is 23.8 Å². The molecule has 13 heteroatoms. The molecule has 3 fully saturated rings. The zero-order valence-corrected chi connectivity index (χ0v) is 17.9. The lowest BCUT2D eigenvalue weighted by atomic mass is 9.67. The number of alkyl halides is 5. The molecule has 182 valence electrons. The monoisotopic (exact) mass is 486 g/mol. The second-order valence-corrected chi connectivity index (χ2v) is 9.97. The molecule has 2 aromatic heterocycles. The average molecular weight is 486 g/mol. The Balaban J connectivity index is 1.56. The second-order valence-electron chi connectivity index (χ2n) is 9.97. The van der Waals surface area contributed by atoms with Gasteiger partial charge in [-0.25, -0.2) is 8.78 Å². The molecule has 0 radical (unpaired) electrons. The number of halogens is 5. The lowest BCUT2D eigenvalue weighted by Crippen LogP contribution is -2.47. The molecule has 0 aromatic carbocycles. The fourth-order valence-corrected chi connectivity index (χ4v) is 5.13. The molecule has 3 aliphatic carbocycles. The Labute approximate surface area is 189 Å². The minimum Gasteiger partial charge on any atom is -0.360 e. The maximum absolute atomic E-state index is 14.2. The first-order chi connectivity index (χ1) is 15.6. The minimum absolute atomic E-state index is 0.0868. The number of hydrogen-bond acceptors (Lipinski definition) is 4. The molecule has 0 saturated heterocycles. The van der Waals surface area contributed by atoms with Crippen molar-refractivity contribution >= 4 is 17.5 Å². The van der Waals surface area contributed by atoms with Crippen LogP contribution < -0.4 is 15.8 Å². The quantitative estimate of drug-likeness (QED) is 0.331. The van der Waals surface area contributed by atoms with Crippen LogP contribution in [-0.2, 0) is 18.1 Å². The summed E-state index contributed by atoms with van der Waals surface area (Å²) in [5.74, 6) is -5.02. The van der Waals surface area contributed by atoms with Gasteiger partial charge < -0.3 is 11.1 Å². The lowest BCUT2D eigenvalue weighted by Gasteiger charge is -2.44. The third-order valence-electron chi connectivity index (χ3n) is 6.95. The van der Waals surface area contributed by atoms with E-state index in [1.54, 1.807) is 0 Å². The molecule has 2 heterocycles. The van der Waals surface area contributed by atoms with Crippen molar-refractivity contribution < 1.29 is 41.5 Å². The van der Waals surface area contributed by atoms with Gasteiger partial charge >= 0.3 is 17.8 Å². The van der Waals surface area contributed by atoms with Gasteiger partial charge in [0.2, 0.25) is 12.1 Å². The van der Waals surface area contributed by atoms with Crippen molar-refractivity contribution in [3.8, 4) is 0 Å². The summed E-state index contributed by atoms with van der Waals surface area (Å²) in [7, 11) is 0. The number of anilines is 1. The van der Waals surface area contributed by atoms with Crippen LogP contribution in [0, 0.1) is 11.3 Å². The summed E-state index contributed by atoms with van der Waals surface area (Å²) in [6.45, 7) is 1.24. The summed E-state index contributed by atoms with van der Waals surface area (Å²) in [6.07, 6.45) is -3.89. The van der Waals surface area contributed by atoms with Crippen LogP contribution >= 0.6 is 0 Å². The topological polar surface area (TPSA) is 114 Å². The van der Waals surface area contributed by atoms with Crippen LogP contribution in [0.25, 0.3) is 0 Å². The average Bonchev–Trinajstić information content (AvgIpc) is 3.49. The van der Waals surface area contributed by atoms with Crippen LogP contribution in [0.3, 0.4) is 0 Å². The Hall–Kier alpha value is -3.25. The summed E-state index contributed by atoms with van der Waals surface area (Å²) in [6, 6.07) is 2.16. The summed E-state index contributed by atoms with van der Waals surface area (Å²) < 4.78 is 71.1. The zero-order valence-electron chi connectivity index (χ0n) is 17.9. The van der Waals surface area contributed by atoms with Gasteiger partial charge in [0, 0.05) is 41.7 Å². The highest BCUT2D eigenvalue weighted by molar-refractivity contribution is 6.05. The first-order valence-electron chi connectivity index (χ1n) is 10.6. The van der Waals surface area contributed by atoms with Gasteiger partial charge in [0.1, 0.15) is 11.3 Å². The summed E-state index contributed by atoms with van der Waals surface area (Å²) >= 11 is 0. The molecule has 0 spiro atoms. The fraction of sp³-hybridized carbons (Fsp3) is 0.524. The van der Waals surface area contributed by atoms with Gasteiger partial charge in [-0.3, -0.25) is 19.5 Å². The van der Waals surface area contributed by atoms with Gasteiger partial charge in [0.25, 0.3) is 5.91 Å². The van der Waals surface area contributed by atoms with Gasteiger partial charge in [-0.1, -0.05) is 6.92 Å². The van der Waals surface area contributed by atoms with E-state index in [0.717, 1.165) is 23.0 Å². The number of primary amides is 1. The molecular weight excluding hydrogens is 465 g/mol. The van der Waals surface area contributed by atoms with E-state index >= 15 is 0 Å². The van der Waals surface area contributed by atoms with E-state index in [4.69, 9.17) is 5.73 Å². The second kappa shape index (κ2) is 6.66. The van der Waals surface area contributed by atoms with E-state index in [1.165, 1.54) is 6.92 Å². The number of nitrogens with one attached hydrogen (secondary N) is 1. The lowest BCUT2D eigenvalue weighted by molar-refractivity contribution is -0.905. The highest BCUT2D eigenvalue weighted by Gasteiger charge is 2.74. The number of fused-ring (bicyclic) bond motifs is 1. The van der Waals surface area contributed by atoms with Crippen LogP contribution in [0.2, 0.25) is 0 Å². The van der Waals surface area contributed by atoms with Crippen molar-refractivity contribution in [1.82, 2.24) is 9.78 Å². The number of nitrogens with zero attached hydrogens (tertiary/aromatic N) is 3. The number of amides is 2. The van der Waals surface area contributed by atoms with Gasteiger partial charge in [-0.15, -0.1) is 0 Å². The predicted molar refractivity (Wildman–Crippen MR) is 104 cm³/mol. The van der Waals surface area contributed by atoms with Crippen molar-refractivity contribution in [1.29, 1.82) is 0 Å². The van der Waals surface area contributed by atoms with Crippen molar-refractivity contribution in [3.05, 3.63) is 41.0 Å². The molecule has 34 heavy (non-hydrogen) atoms. The smallest absolute Gasteiger partial charge is 0.360 e. The van der Waals surface area contributed by atoms with Crippen molar-refractivity contribution in [3.63, 3.8) is 0 Å². The molecule has 3 saturated carbocycles. The van der Waals surface area contributed by atoms with Gasteiger partial charge in [-0.2, -0.15) is 18.3 Å². The molecule has 3 aliphatic rings. The van der Waals surface area contributed by atoms with E-state index < -0.39 is 64.5 Å². The maximum Gasteiger partial charge on any atom is 0.420 e. The highest BCUT2D eigenvalue weighted by Crippen LogP contribution is 2.76. The number of nitrogens with two attached hydrogens (primary N) is 1. The standard InChI is InChI=1S/C21H20F5N5O3/c1-18(7-20(22,23)8-18)9-30-14(13(21(24,25)26)15(29-30)19-5-10(19)6-19)17(33)28-11-2-3-31(34)12(4-11)16(27)32/h2-4,10,34H,5-9H2,1H3,(H2,27,32)/p+1. The SMILES string of the molecule is CC1(Cn2nc(C34CC3C4)c(C(F)(F)F)c2C(=O)Nc2cc[n+](O)c(C(N)=O)c2)CC(F)(F)C1. The van der Waals surface area contributed by atoms with Gasteiger partial charge in [0.05, 0.1) is 11.4 Å². The Bertz CT molecular complexity index is 1220. The maximum atomic E-state index is 14.2. The number of hydrogen-bond donors (Lipinski definition) is 3. The first-order valence-corrected chi connectivity index (χ1v) is 10.6. The van der Waals surface area contributed by atoms with Crippen molar-refractivity contribution in [2.24, 2.45) is 17.1 Å². The fourth-order valence-electron chi connectivity index (χ4n) is 5.13. The van der Waals surface area contributed by atoms with E-state index in [1.807, 2.05) is 0 Å². The van der Waals surface area contributed by atoms with Crippen LogP contribution in [-0.4, -0.2) is 32.7 Å². The molecule has 2 aromatic rings. The Kier molecular flexibility index (Phi) is 4.42. The minimum atomic E-state index is -4.90. The summed E-state index contributed by atoms with van der Waals surface area (Å²) in [5.41, 5.74) is 0.760. The third-order valence-corrected chi connectivity index (χ3v) is 6.95. The van der Waals surface area contributed by atoms with Gasteiger partial charge in [0.15, 0.2) is 0 Å². The molecular formula is C21H21F5N5O3+. The summed E-state index contributed by atoms with van der Waals surface area (Å²) in [4.78, 5) is 24.6. The van der Waals surface area contributed by atoms with Crippen LogP contribution in [0.5, 0.6) is 0 Å². The zero-order chi connectivity index (χ0) is 24.8. The molecule has 0 atom stereocenters. The van der Waals surface area contributed by atoms with Crippen molar-refractivity contribution in [2.75, 3.05) is 5.32 Å². The largest absolute Gasteiger partial charge is 0.420 e. The van der Waals surface area contributed by atoms with Crippen LogP contribution in [0.1, 0.15) is 64.8 Å². The molecule has 2 amide bonds. The molecule has 5 rings (SSSR count). The highest BCUT2D eigenvalue weighted by atomic mass is 19.4. The number of aromatic nitrogens is 3. The van der Waals surface area contributed by atoms with E-state index in [2.05, 4.69) is 10.4 Å². The molecule has 4 N–H and O–H groups in total. The summed E-state index contributed by atoms with van der Waals surface area (Å²) in [5, 5.41) is 16.1. The van der Waals surface area contributed by atoms with E-state index in [0.29, 0.717) is 17.6 Å². The third kappa shape index (κ3) is 3.57. The molecule has 0 unspecified atom stereocenters. The normalized spacial score (nSPS) is 25.8. The predicted octanol–water partition coefficient (Wildman–Crippen LogP) is 2.87. The van der Waals surface area contributed by atoms with Crippen LogP contribution in [0.15, 0.2) is 18.3 Å². The van der Waals surface area contributed by atoms with E-state index in [9.17, 15) is 36.7 Å². The number of rotatable bonds is 6. The first kappa shape index (κ1) is 22.5. The number of carbonyl (C=O) groups excluding carboxylic acids is 2. The van der Waals surface area contributed by atoms with Crippen molar-refractivity contribution in [2.45, 2.75) is 56.7 Å². The molecule has 8 nitrogen and oxygen atoms in total. The van der Waals surface area contributed by atoms with Crippen LogP contribution in [0.4, 0.5) is 27.6 Å². The molecule has 0 aliphatic heterocycles. The number of carbonyl (C=O) groups is 2. The molecule has 0 bridgehead atoms. The Morgan fingerprint density at radius 1 is 1.32 bits per heavy atom. The Morgan fingerprint density at radius 2 is 1.94 bits per heavy atom. The number of pyridine rings is 1.